The summed E-state index contributed by atoms with van der Waals surface area (Å²) >= 11 is 0. The number of piperazine rings is 1. The van der Waals surface area contributed by atoms with E-state index in [0.717, 1.165) is 39.3 Å². The Labute approximate surface area is 118 Å². The summed E-state index contributed by atoms with van der Waals surface area (Å²) in [6.45, 7) is 10.4. The molecule has 1 fully saturated rings. The summed E-state index contributed by atoms with van der Waals surface area (Å²) in [6, 6.07) is 1.34. The van der Waals surface area contributed by atoms with E-state index in [1.807, 2.05) is 0 Å². The summed E-state index contributed by atoms with van der Waals surface area (Å²) in [4.78, 5) is 2.60. The van der Waals surface area contributed by atoms with Crippen LogP contribution in [-0.2, 0) is 9.47 Å². The number of nitrogens with zero attached hydrogens (tertiary/aromatic N) is 1. The van der Waals surface area contributed by atoms with Gasteiger partial charge in [-0.1, -0.05) is 20.3 Å². The minimum Gasteiger partial charge on any atom is -0.385 e. The molecule has 0 aromatic carbocycles. The zero-order valence-electron chi connectivity index (χ0n) is 13.0. The lowest BCUT2D eigenvalue weighted by atomic mass is 10.0. The summed E-state index contributed by atoms with van der Waals surface area (Å²) in [7, 11) is 1.74. The molecule has 1 rings (SSSR count). The van der Waals surface area contributed by atoms with Gasteiger partial charge in [0.2, 0.25) is 0 Å². The Bertz CT molecular complexity index is 214. The fourth-order valence-corrected chi connectivity index (χ4v) is 2.74. The van der Waals surface area contributed by atoms with Crippen LogP contribution in [0.15, 0.2) is 0 Å². The smallest absolute Gasteiger partial charge is 0.0593 e. The van der Waals surface area contributed by atoms with E-state index in [-0.39, 0.29) is 0 Å². The van der Waals surface area contributed by atoms with Gasteiger partial charge in [0, 0.05) is 52.0 Å². The Hall–Kier alpha value is -0.160. The van der Waals surface area contributed by atoms with Crippen molar-refractivity contribution in [3.05, 3.63) is 0 Å². The molecular weight excluding hydrogens is 240 g/mol. The van der Waals surface area contributed by atoms with Crippen molar-refractivity contribution in [3.8, 4) is 0 Å². The molecule has 0 aromatic rings. The molecule has 0 bridgehead atoms. The van der Waals surface area contributed by atoms with Gasteiger partial charge < -0.3 is 14.8 Å². The fourth-order valence-electron chi connectivity index (χ4n) is 2.74. The van der Waals surface area contributed by atoms with E-state index < -0.39 is 0 Å². The molecule has 2 unspecified atom stereocenters. The predicted molar refractivity (Wildman–Crippen MR) is 79.7 cm³/mol. The molecular formula is C15H32N2O2. The molecule has 1 saturated heterocycles. The van der Waals surface area contributed by atoms with Crippen molar-refractivity contribution in [2.24, 2.45) is 0 Å². The lowest BCUT2D eigenvalue weighted by Gasteiger charge is -2.40. The van der Waals surface area contributed by atoms with Crippen molar-refractivity contribution >= 4 is 0 Å². The Balaban J connectivity index is 2.19. The van der Waals surface area contributed by atoms with Crippen molar-refractivity contribution in [2.75, 3.05) is 46.6 Å². The highest BCUT2D eigenvalue weighted by Crippen LogP contribution is 2.12. The molecule has 0 amide bonds. The molecule has 1 aliphatic heterocycles. The normalized spacial score (nSPS) is 24.8. The van der Waals surface area contributed by atoms with E-state index >= 15 is 0 Å². The van der Waals surface area contributed by atoms with Gasteiger partial charge in [-0.2, -0.15) is 0 Å². The molecule has 1 aliphatic rings. The largest absolute Gasteiger partial charge is 0.385 e. The van der Waals surface area contributed by atoms with Crippen LogP contribution in [0.25, 0.3) is 0 Å². The Morgan fingerprint density at radius 1 is 1.21 bits per heavy atom. The summed E-state index contributed by atoms with van der Waals surface area (Å²) in [5.74, 6) is 0. The molecule has 1 N–H and O–H groups in total. The minimum atomic E-state index is 0.668. The first-order chi connectivity index (χ1) is 9.31. The summed E-state index contributed by atoms with van der Waals surface area (Å²) in [5.41, 5.74) is 0. The molecule has 0 aromatic heterocycles. The third-order valence-corrected chi connectivity index (χ3v) is 3.88. The topological polar surface area (TPSA) is 33.7 Å². The highest BCUT2D eigenvalue weighted by Gasteiger charge is 2.25. The molecule has 4 heteroatoms. The second kappa shape index (κ2) is 10.6. The standard InChI is InChI=1S/C15H32N2O2/c1-4-7-14-13-17(15(5-2)12-16-14)8-11-19-10-6-9-18-3/h14-16H,4-13H2,1-3H3. The third-order valence-electron chi connectivity index (χ3n) is 3.88. The number of hydrogen-bond donors (Lipinski definition) is 1. The SMILES string of the molecule is CCCC1CN(CCOCCCOC)C(CC)CN1. The van der Waals surface area contributed by atoms with Gasteiger partial charge in [-0.15, -0.1) is 0 Å². The highest BCUT2D eigenvalue weighted by molar-refractivity contribution is 4.85. The van der Waals surface area contributed by atoms with E-state index in [0.29, 0.717) is 12.1 Å². The monoisotopic (exact) mass is 272 g/mol. The predicted octanol–water partition coefficient (Wildman–Crippen LogP) is 1.89. The van der Waals surface area contributed by atoms with E-state index in [2.05, 4.69) is 24.1 Å². The highest BCUT2D eigenvalue weighted by atomic mass is 16.5. The van der Waals surface area contributed by atoms with Gasteiger partial charge in [0.1, 0.15) is 0 Å². The van der Waals surface area contributed by atoms with Crippen LogP contribution in [0.2, 0.25) is 0 Å². The molecule has 19 heavy (non-hydrogen) atoms. The lowest BCUT2D eigenvalue weighted by molar-refractivity contribution is 0.0544. The summed E-state index contributed by atoms with van der Waals surface area (Å²) in [6.07, 6.45) is 4.75. The van der Waals surface area contributed by atoms with Crippen LogP contribution in [-0.4, -0.2) is 63.5 Å². The van der Waals surface area contributed by atoms with Crippen LogP contribution in [0.5, 0.6) is 0 Å². The molecule has 0 radical (unpaired) electrons. The first-order valence-electron chi connectivity index (χ1n) is 7.85. The molecule has 2 atom stereocenters. The first kappa shape index (κ1) is 16.9. The molecule has 1 heterocycles. The lowest BCUT2D eigenvalue weighted by Crippen LogP contribution is -2.56. The average Bonchev–Trinajstić information content (AvgIpc) is 2.43. The third kappa shape index (κ3) is 6.70. The van der Waals surface area contributed by atoms with Gasteiger partial charge in [-0.05, 0) is 19.3 Å². The quantitative estimate of drug-likeness (QED) is 0.616. The number of methoxy groups -OCH3 is 1. The van der Waals surface area contributed by atoms with E-state index in [1.54, 1.807) is 7.11 Å². The van der Waals surface area contributed by atoms with Crippen LogP contribution in [0.3, 0.4) is 0 Å². The van der Waals surface area contributed by atoms with Crippen LogP contribution in [0.1, 0.15) is 39.5 Å². The van der Waals surface area contributed by atoms with Crippen molar-refractivity contribution in [2.45, 2.75) is 51.6 Å². The number of hydrogen-bond acceptors (Lipinski definition) is 4. The average molecular weight is 272 g/mol. The Morgan fingerprint density at radius 3 is 2.74 bits per heavy atom. The van der Waals surface area contributed by atoms with Crippen LogP contribution >= 0.6 is 0 Å². The van der Waals surface area contributed by atoms with Crippen molar-refractivity contribution < 1.29 is 9.47 Å². The van der Waals surface area contributed by atoms with Gasteiger partial charge in [-0.3, -0.25) is 4.90 Å². The number of ether oxygens (including phenoxy) is 2. The molecule has 0 aliphatic carbocycles. The van der Waals surface area contributed by atoms with Crippen molar-refractivity contribution in [1.82, 2.24) is 10.2 Å². The molecule has 0 saturated carbocycles. The maximum atomic E-state index is 5.68. The molecule has 114 valence electrons. The van der Waals surface area contributed by atoms with E-state index in [1.165, 1.54) is 25.8 Å². The van der Waals surface area contributed by atoms with Gasteiger partial charge in [0.25, 0.3) is 0 Å². The zero-order valence-corrected chi connectivity index (χ0v) is 13.0. The second-order valence-corrected chi connectivity index (χ2v) is 5.41. The van der Waals surface area contributed by atoms with Gasteiger partial charge in [-0.25, -0.2) is 0 Å². The maximum absolute atomic E-state index is 5.68. The summed E-state index contributed by atoms with van der Waals surface area (Å²) in [5, 5.41) is 3.67. The number of nitrogens with one attached hydrogen (secondary N) is 1. The fraction of sp³-hybridized carbons (Fsp3) is 1.00. The van der Waals surface area contributed by atoms with Gasteiger partial charge in [0.15, 0.2) is 0 Å². The van der Waals surface area contributed by atoms with Crippen LogP contribution < -0.4 is 5.32 Å². The number of rotatable bonds is 10. The first-order valence-corrected chi connectivity index (χ1v) is 7.85. The Kier molecular flexibility index (Phi) is 9.43. The second-order valence-electron chi connectivity index (χ2n) is 5.41. The summed E-state index contributed by atoms with van der Waals surface area (Å²) < 4.78 is 10.7. The molecule has 4 nitrogen and oxygen atoms in total. The Morgan fingerprint density at radius 2 is 2.05 bits per heavy atom. The van der Waals surface area contributed by atoms with Crippen molar-refractivity contribution in [3.63, 3.8) is 0 Å². The van der Waals surface area contributed by atoms with E-state index in [9.17, 15) is 0 Å². The van der Waals surface area contributed by atoms with Gasteiger partial charge >= 0.3 is 0 Å². The minimum absolute atomic E-state index is 0.668. The molecule has 0 spiro atoms. The van der Waals surface area contributed by atoms with Crippen molar-refractivity contribution in [1.29, 1.82) is 0 Å². The van der Waals surface area contributed by atoms with Crippen LogP contribution in [0, 0.1) is 0 Å². The maximum Gasteiger partial charge on any atom is 0.0593 e. The van der Waals surface area contributed by atoms with Crippen LogP contribution in [0.4, 0.5) is 0 Å². The van der Waals surface area contributed by atoms with Gasteiger partial charge in [0.05, 0.1) is 6.61 Å². The zero-order chi connectivity index (χ0) is 13.9. The van der Waals surface area contributed by atoms with E-state index in [4.69, 9.17) is 9.47 Å².